The zero-order valence-electron chi connectivity index (χ0n) is 81.4. The van der Waals surface area contributed by atoms with E-state index in [4.69, 9.17) is 55.2 Å². The van der Waals surface area contributed by atoms with Crippen LogP contribution in [0.1, 0.15) is 249 Å². The van der Waals surface area contributed by atoms with E-state index in [0.29, 0.717) is 85.1 Å². The van der Waals surface area contributed by atoms with E-state index in [9.17, 15) is 75.3 Å². The van der Waals surface area contributed by atoms with Gasteiger partial charge in [0, 0.05) is 115 Å². The fraction of sp³-hybridized carbons (Fsp3) is 0.446. The van der Waals surface area contributed by atoms with Crippen LogP contribution >= 0.6 is 0 Å². The third-order valence-corrected chi connectivity index (χ3v) is 27.7. The molecule has 0 saturated carbocycles. The van der Waals surface area contributed by atoms with Crippen LogP contribution in [-0.4, -0.2) is 174 Å². The fourth-order valence-electron chi connectivity index (χ4n) is 16.6. The number of hydrogen-bond acceptors (Lipinski definition) is 27. The van der Waals surface area contributed by atoms with Crippen LogP contribution in [0.15, 0.2) is 109 Å². The highest BCUT2D eigenvalue weighted by atomic mass is 32.2. The number of amides is 2. The van der Waals surface area contributed by atoms with Crippen molar-refractivity contribution >= 4 is 86.1 Å². The molecule has 6 aliphatic rings. The van der Waals surface area contributed by atoms with Gasteiger partial charge in [0.25, 0.3) is 0 Å². The first-order valence-corrected chi connectivity index (χ1v) is 47.2. The van der Waals surface area contributed by atoms with Crippen LogP contribution in [0, 0.1) is 17.5 Å². The van der Waals surface area contributed by atoms with Gasteiger partial charge in [0.05, 0.1) is 134 Å². The minimum atomic E-state index is -1.68. The van der Waals surface area contributed by atoms with Crippen molar-refractivity contribution in [2.75, 3.05) is 62.6 Å². The molecule has 3 aliphatic carbocycles. The second-order valence-corrected chi connectivity index (χ2v) is 44.6. The number of hydrogen-bond donors (Lipinski definition) is 9. The van der Waals surface area contributed by atoms with Crippen LogP contribution in [0.5, 0.6) is 17.6 Å². The summed E-state index contributed by atoms with van der Waals surface area (Å²) in [7, 11) is 1.24. The van der Waals surface area contributed by atoms with Crippen molar-refractivity contribution in [2.45, 2.75) is 243 Å². The molecule has 2 amide bonds. The first-order chi connectivity index (χ1) is 64.1. The molecule has 11 N–H and O–H groups in total. The number of ether oxygens (including phenoxy) is 5. The Kier molecular flexibility index (Phi) is 30.1. The Morgan fingerprint density at radius 2 is 0.775 bits per heavy atom. The third kappa shape index (κ3) is 23.4. The van der Waals surface area contributed by atoms with Gasteiger partial charge in [-0.05, 0) is 263 Å². The molecule has 9 heterocycles. The lowest BCUT2D eigenvalue weighted by atomic mass is 9.88. The number of fused-ring (bicyclic) bond motifs is 6. The highest BCUT2D eigenvalue weighted by molar-refractivity contribution is 7.84. The van der Waals surface area contributed by atoms with Gasteiger partial charge in [-0.25, -0.2) is 75.3 Å². The van der Waals surface area contributed by atoms with E-state index in [-0.39, 0.29) is 170 Å². The number of aromatic nitrogens is 6. The normalized spacial score (nSPS) is 19.1. The second-order valence-electron chi connectivity index (χ2n) is 40.7. The SMILES string of the molecule is CC(C)(C)OC(=O)N1C[C@@](C)(NS(=O)C(C)(C)C)c2cc([C@](C)(O)CN)nc(-c3ccc(F)cc3)c21.COc1nc(C(=O)CC[C@@](C)(O)c2cc3c(c(-c4ccc(F)cc4)n2)N(C(=O)OC(C)(C)C)C[C@@]3(C)NS(=O)C(C)(C)C)cc2c1CC(=O)C2.COc1nc(C(=O)CC[C@@](C)(O)c2cc3c(c(-c4ccc(F)cc4)n2)NC[C@@]3(C)N)cc2c1CC(=O)C2.COc1nc(C(=O)O)cc2c1CC(=O)C2. The topological polar surface area (TPSA) is 470 Å². The number of methoxy groups -OCH3 is 3. The summed E-state index contributed by atoms with van der Waals surface area (Å²) in [6.45, 7) is 32.3. The van der Waals surface area contributed by atoms with Gasteiger partial charge in [-0.2, -0.15) is 0 Å². The van der Waals surface area contributed by atoms with Crippen molar-refractivity contribution < 1.29 is 104 Å². The smallest absolute Gasteiger partial charge is 0.414 e. The summed E-state index contributed by atoms with van der Waals surface area (Å²) in [5.74, 6) is -2.08. The molecule has 37 heteroatoms. The van der Waals surface area contributed by atoms with E-state index in [2.05, 4.69) is 29.7 Å². The van der Waals surface area contributed by atoms with Crippen molar-refractivity contribution in [3.8, 4) is 51.4 Å². The Morgan fingerprint density at radius 3 is 1.09 bits per heavy atom. The zero-order valence-corrected chi connectivity index (χ0v) is 83.0. The summed E-state index contributed by atoms with van der Waals surface area (Å²) in [5, 5.41) is 46.6. The number of nitrogens with zero attached hydrogens (tertiary/aromatic N) is 8. The van der Waals surface area contributed by atoms with Gasteiger partial charge >= 0.3 is 18.2 Å². The number of aliphatic hydroxyl groups is 3. The number of carboxylic acids is 1. The lowest BCUT2D eigenvalue weighted by Crippen LogP contribution is -2.50. The molecule has 8 atom stereocenters. The standard InChI is InChI=1S/C37H45FN4O7S.C28H29FN4O4.C26H37FN4O4S.C10H9NO4/c1-34(2,3)49-33(45)42-20-36(7,41-50(47)35(4,5)6)26-19-29(40-30(31(26)42)21-10-12-23(38)13-11-21)37(8,46)15-14-28(44)27-17-22-16-24(43)18-25(22)32(39-27)48-9;1-27(30)14-31-25-20(27)13-23(33-24(25)15-4-6-17(29)7-5-15)28(2,36)9-8-22(35)21-11-16-10-18(34)12-19(16)26(32-21)37-3;1-23(2,3)35-22(32)31-15-25(7,30-36(34)24(4,5)6)18-13-19(26(8,33)14-28)29-20(21(18)31)16-9-11-17(27)12-10-16;1-15-9-7-4-6(12)2-5(7)3-8(11-9)10(13)14/h10-13,17,19,41,46H,14-16,18,20H2,1-9H3;4-7,11,13,31,36H,8-10,12,14,30H2,1-3H3;9-13,30,33H,14-15,28H2,1-8H3;3H,2,4H2,1H3,(H,13,14)/t36-,37-,50?;27-,28-;25-,26-,36?;/m111./s1. The molecule has 3 aromatic carbocycles. The Morgan fingerprint density at radius 1 is 0.464 bits per heavy atom. The minimum Gasteiger partial charge on any atom is -0.481 e. The summed E-state index contributed by atoms with van der Waals surface area (Å²) >= 11 is 0. The van der Waals surface area contributed by atoms with Crippen molar-refractivity contribution in [1.82, 2.24) is 39.3 Å². The van der Waals surface area contributed by atoms with Crippen LogP contribution in [0.3, 0.4) is 0 Å². The van der Waals surface area contributed by atoms with Crippen molar-refractivity contribution in [3.05, 3.63) is 211 Å². The number of ketones is 5. The van der Waals surface area contributed by atoms with Crippen molar-refractivity contribution in [1.29, 1.82) is 0 Å². The van der Waals surface area contributed by atoms with E-state index in [0.717, 1.165) is 22.4 Å². The molecule has 0 saturated heterocycles. The van der Waals surface area contributed by atoms with E-state index < -0.39 is 106 Å². The summed E-state index contributed by atoms with van der Waals surface area (Å²) in [4.78, 5) is 129. The monoisotopic (exact) mass is 1940 g/mol. The molecule has 32 nitrogen and oxygen atoms in total. The Hall–Kier alpha value is -12.1. The molecule has 15 rings (SSSR count). The van der Waals surface area contributed by atoms with Crippen LogP contribution in [0.4, 0.5) is 39.8 Å². The van der Waals surface area contributed by atoms with Crippen LogP contribution in [0.2, 0.25) is 0 Å². The van der Waals surface area contributed by atoms with Crippen LogP contribution in [-0.2, 0) is 118 Å². The van der Waals surface area contributed by atoms with Crippen molar-refractivity contribution in [2.24, 2.45) is 11.5 Å². The third-order valence-electron chi connectivity index (χ3n) is 24.2. The quantitative estimate of drug-likeness (QED) is 0.0269. The fourth-order valence-corrected chi connectivity index (χ4v) is 18.3. The van der Waals surface area contributed by atoms with E-state index in [1.54, 1.807) is 110 Å². The van der Waals surface area contributed by atoms with Gasteiger partial charge in [0.2, 0.25) is 17.6 Å². The van der Waals surface area contributed by atoms with Crippen LogP contribution < -0.4 is 50.2 Å². The maximum Gasteiger partial charge on any atom is 0.414 e. The molecule has 138 heavy (non-hydrogen) atoms. The minimum absolute atomic E-state index is 0.00131. The number of rotatable bonds is 23. The van der Waals surface area contributed by atoms with E-state index in [1.165, 1.54) is 92.7 Å². The lowest BCUT2D eigenvalue weighted by molar-refractivity contribution is -0.117. The Balaban J connectivity index is 0.000000174. The molecule has 2 unspecified atom stereocenters. The first-order valence-electron chi connectivity index (χ1n) is 44.9. The lowest BCUT2D eigenvalue weighted by Gasteiger charge is -2.31. The van der Waals surface area contributed by atoms with Gasteiger partial charge in [-0.3, -0.25) is 33.8 Å². The zero-order chi connectivity index (χ0) is 102. The average Bonchev–Trinajstić information content (AvgIpc) is 1.59. The highest BCUT2D eigenvalue weighted by Gasteiger charge is 2.51. The van der Waals surface area contributed by atoms with Gasteiger partial charge in [0.1, 0.15) is 74.2 Å². The van der Waals surface area contributed by atoms with Gasteiger partial charge in [0.15, 0.2) is 17.3 Å². The highest BCUT2D eigenvalue weighted by Crippen LogP contribution is 2.51. The molecule has 736 valence electrons. The summed E-state index contributed by atoms with van der Waals surface area (Å²) < 4.78 is 101. The average molecular weight is 1940 g/mol. The molecule has 6 aromatic heterocycles. The van der Waals surface area contributed by atoms with Crippen molar-refractivity contribution in [3.63, 3.8) is 0 Å². The molecule has 9 aromatic rings. The maximum atomic E-state index is 14.1. The maximum absolute atomic E-state index is 14.1. The number of carbonyl (C=O) groups excluding carboxylic acids is 7. The number of anilines is 3. The van der Waals surface area contributed by atoms with Crippen LogP contribution in [0.25, 0.3) is 33.8 Å². The predicted molar refractivity (Wildman–Crippen MR) is 514 cm³/mol. The largest absolute Gasteiger partial charge is 0.481 e. The molecular weight excluding hydrogens is 1820 g/mol. The molecule has 3 aliphatic heterocycles. The second kappa shape index (κ2) is 39.7. The number of nitrogens with one attached hydrogen (secondary N) is 3. The summed E-state index contributed by atoms with van der Waals surface area (Å²) in [6, 6.07) is 27.1. The number of carboxylic acid groups (broad SMARTS) is 1. The van der Waals surface area contributed by atoms with E-state index in [1.807, 2.05) is 62.3 Å². The van der Waals surface area contributed by atoms with Gasteiger partial charge in [-0.1, -0.05) is 0 Å². The summed E-state index contributed by atoms with van der Waals surface area (Å²) in [5.41, 5.74) is 15.1. The first kappa shape index (κ1) is 105. The number of carbonyl (C=O) groups is 8. The van der Waals surface area contributed by atoms with E-state index >= 15 is 0 Å². The number of nitrogens with two attached hydrogens (primary N) is 2. The summed E-state index contributed by atoms with van der Waals surface area (Å²) in [6.07, 6.45) is 0.116. The number of aromatic carboxylic acids is 1. The molecular formula is C101H120F3N13O19S2. The molecule has 0 fully saturated rings. The van der Waals surface area contributed by atoms with Gasteiger partial charge in [-0.15, -0.1) is 0 Å². The molecule has 0 radical (unpaired) electrons. The number of benzene rings is 3. The number of Topliss-reactive ketones (excluding diaryl/α,β-unsaturated/α-hetero) is 5. The molecule has 0 bridgehead atoms. The Labute approximate surface area is 804 Å². The Bertz CT molecular complexity index is 6370. The predicted octanol–water partition coefficient (Wildman–Crippen LogP) is 13.8. The molecule has 0 spiro atoms. The van der Waals surface area contributed by atoms with Gasteiger partial charge < -0.3 is 60.9 Å². The number of halogens is 3. The number of pyridine rings is 6.